The first kappa shape index (κ1) is 14.2. The highest BCUT2D eigenvalue weighted by molar-refractivity contribution is 7.83. The number of aliphatic hydroxyl groups excluding tert-OH is 1. The van der Waals surface area contributed by atoms with E-state index >= 15 is 0 Å². The summed E-state index contributed by atoms with van der Waals surface area (Å²) >= 11 is -2.27. The monoisotopic (exact) mass is 271 g/mol. The zero-order chi connectivity index (χ0) is 13.1. The van der Waals surface area contributed by atoms with Crippen molar-refractivity contribution in [3.05, 3.63) is 11.0 Å². The van der Waals surface area contributed by atoms with Crippen molar-refractivity contribution in [2.24, 2.45) is 23.7 Å². The summed E-state index contributed by atoms with van der Waals surface area (Å²) in [6.07, 6.45) is 9.45. The molecule has 0 aromatic rings. The molecule has 2 saturated carbocycles. The third-order valence-corrected chi connectivity index (χ3v) is 5.55. The second-order valence-corrected chi connectivity index (χ2v) is 6.86. The smallest absolute Gasteiger partial charge is 0.0751 e. The molecule has 0 radical (unpaired) electrons. The Balaban J connectivity index is 2.19. The molecule has 0 saturated heterocycles. The molecule has 0 aliphatic heterocycles. The van der Waals surface area contributed by atoms with E-state index in [4.69, 9.17) is 5.11 Å². The SMILES string of the molecule is CC1CCC2CCCCC2C1/C=C(/CO)S(=O)[O-]. The van der Waals surface area contributed by atoms with E-state index in [-0.39, 0.29) is 11.5 Å². The van der Waals surface area contributed by atoms with Crippen molar-refractivity contribution in [1.82, 2.24) is 0 Å². The lowest BCUT2D eigenvalue weighted by Crippen LogP contribution is -2.35. The number of hydrogen-bond donors (Lipinski definition) is 1. The van der Waals surface area contributed by atoms with E-state index < -0.39 is 11.1 Å². The van der Waals surface area contributed by atoms with Gasteiger partial charge in [-0.3, -0.25) is 4.21 Å². The van der Waals surface area contributed by atoms with Crippen molar-refractivity contribution in [2.75, 3.05) is 6.61 Å². The first-order chi connectivity index (χ1) is 8.63. The fourth-order valence-corrected chi connectivity index (χ4v) is 4.23. The lowest BCUT2D eigenvalue weighted by Gasteiger charge is -2.44. The molecule has 18 heavy (non-hydrogen) atoms. The fourth-order valence-electron chi connectivity index (χ4n) is 3.86. The van der Waals surface area contributed by atoms with Crippen LogP contribution in [0.2, 0.25) is 0 Å². The van der Waals surface area contributed by atoms with E-state index in [0.717, 1.165) is 5.92 Å². The molecule has 0 aromatic carbocycles. The van der Waals surface area contributed by atoms with Gasteiger partial charge in [0, 0.05) is 4.91 Å². The maximum atomic E-state index is 11.0. The Kier molecular flexibility index (Phi) is 4.98. The van der Waals surface area contributed by atoms with Gasteiger partial charge < -0.3 is 9.66 Å². The standard InChI is InChI=1S/C14H24O3S/c1-10-6-7-11-4-2-3-5-13(11)14(10)8-12(9-15)18(16)17/h8,10-11,13-15H,2-7,9H2,1H3,(H,16,17)/p-1/b12-8-. The third kappa shape index (κ3) is 3.03. The molecule has 0 bridgehead atoms. The van der Waals surface area contributed by atoms with Crippen LogP contribution in [0.25, 0.3) is 0 Å². The predicted octanol–water partition coefficient (Wildman–Crippen LogP) is 2.59. The van der Waals surface area contributed by atoms with Crippen molar-refractivity contribution in [3.8, 4) is 0 Å². The number of aliphatic hydroxyl groups is 1. The van der Waals surface area contributed by atoms with Gasteiger partial charge in [0.05, 0.1) is 6.61 Å². The van der Waals surface area contributed by atoms with Crippen molar-refractivity contribution in [1.29, 1.82) is 0 Å². The van der Waals surface area contributed by atoms with Crippen LogP contribution in [0, 0.1) is 23.7 Å². The quantitative estimate of drug-likeness (QED) is 0.803. The number of hydrogen-bond acceptors (Lipinski definition) is 3. The number of allylic oxidation sites excluding steroid dienone is 1. The Morgan fingerprint density at radius 1 is 1.33 bits per heavy atom. The van der Waals surface area contributed by atoms with Gasteiger partial charge in [-0.2, -0.15) is 0 Å². The Hall–Kier alpha value is -0.190. The summed E-state index contributed by atoms with van der Waals surface area (Å²) in [4.78, 5) is 0.179. The van der Waals surface area contributed by atoms with Gasteiger partial charge in [-0.05, 0) is 54.0 Å². The van der Waals surface area contributed by atoms with Gasteiger partial charge in [0.1, 0.15) is 0 Å². The van der Waals surface area contributed by atoms with Crippen LogP contribution in [0.1, 0.15) is 45.4 Å². The zero-order valence-corrected chi connectivity index (χ0v) is 11.8. The molecule has 0 amide bonds. The molecule has 5 atom stereocenters. The van der Waals surface area contributed by atoms with E-state index in [2.05, 4.69) is 6.92 Å². The normalized spacial score (nSPS) is 39.2. The average molecular weight is 271 g/mol. The van der Waals surface area contributed by atoms with E-state index in [0.29, 0.717) is 17.8 Å². The summed E-state index contributed by atoms with van der Waals surface area (Å²) in [5.41, 5.74) is 0. The van der Waals surface area contributed by atoms with Crippen molar-refractivity contribution in [3.63, 3.8) is 0 Å². The number of rotatable bonds is 3. The van der Waals surface area contributed by atoms with Gasteiger partial charge in [0.2, 0.25) is 0 Å². The van der Waals surface area contributed by atoms with Crippen molar-refractivity contribution < 1.29 is 13.9 Å². The van der Waals surface area contributed by atoms with Crippen LogP contribution in [0.4, 0.5) is 0 Å². The lowest BCUT2D eigenvalue weighted by molar-refractivity contribution is 0.0894. The molecule has 2 aliphatic carbocycles. The number of fused-ring (bicyclic) bond motifs is 1. The first-order valence-electron chi connectivity index (χ1n) is 7.04. The molecule has 3 nitrogen and oxygen atoms in total. The van der Waals surface area contributed by atoms with E-state index in [1.165, 1.54) is 38.5 Å². The molecule has 2 aliphatic rings. The minimum Gasteiger partial charge on any atom is -0.769 e. The Morgan fingerprint density at radius 3 is 2.72 bits per heavy atom. The molecular formula is C14H23O3S-. The molecule has 1 N–H and O–H groups in total. The van der Waals surface area contributed by atoms with Crippen LogP contribution in [0.15, 0.2) is 11.0 Å². The van der Waals surface area contributed by atoms with E-state index in [1.54, 1.807) is 0 Å². The zero-order valence-electron chi connectivity index (χ0n) is 11.0. The molecular weight excluding hydrogens is 248 g/mol. The highest BCUT2D eigenvalue weighted by atomic mass is 32.2. The molecule has 4 heteroatoms. The highest BCUT2D eigenvalue weighted by Gasteiger charge is 2.37. The van der Waals surface area contributed by atoms with Crippen LogP contribution in [0.5, 0.6) is 0 Å². The first-order valence-corrected chi connectivity index (χ1v) is 8.11. The van der Waals surface area contributed by atoms with Gasteiger partial charge in [0.25, 0.3) is 0 Å². The molecule has 5 unspecified atom stereocenters. The third-order valence-electron chi connectivity index (χ3n) is 4.86. The van der Waals surface area contributed by atoms with Gasteiger partial charge in [-0.1, -0.05) is 32.3 Å². The average Bonchev–Trinajstić information content (AvgIpc) is 2.37. The van der Waals surface area contributed by atoms with E-state index in [1.807, 2.05) is 6.08 Å². The van der Waals surface area contributed by atoms with Crippen LogP contribution in [-0.2, 0) is 11.1 Å². The largest absolute Gasteiger partial charge is 0.769 e. The van der Waals surface area contributed by atoms with Gasteiger partial charge in [-0.25, -0.2) is 0 Å². The Labute approximate surface area is 112 Å². The van der Waals surface area contributed by atoms with Gasteiger partial charge >= 0.3 is 0 Å². The van der Waals surface area contributed by atoms with Crippen LogP contribution in [0.3, 0.4) is 0 Å². The summed E-state index contributed by atoms with van der Waals surface area (Å²) in [5, 5.41) is 9.15. The summed E-state index contributed by atoms with van der Waals surface area (Å²) in [6, 6.07) is 0. The maximum Gasteiger partial charge on any atom is 0.0751 e. The summed E-state index contributed by atoms with van der Waals surface area (Å²) < 4.78 is 22.1. The van der Waals surface area contributed by atoms with Gasteiger partial charge in [-0.15, -0.1) is 0 Å². The highest BCUT2D eigenvalue weighted by Crippen LogP contribution is 2.47. The molecule has 0 aromatic heterocycles. The lowest BCUT2D eigenvalue weighted by atomic mass is 9.62. The van der Waals surface area contributed by atoms with Gasteiger partial charge in [0.15, 0.2) is 0 Å². The second-order valence-electron chi connectivity index (χ2n) is 5.87. The summed E-state index contributed by atoms with van der Waals surface area (Å²) in [7, 11) is 0. The minimum absolute atomic E-state index is 0.179. The topological polar surface area (TPSA) is 60.4 Å². The van der Waals surface area contributed by atoms with Crippen LogP contribution in [-0.4, -0.2) is 20.5 Å². The summed E-state index contributed by atoms with van der Waals surface area (Å²) in [6.45, 7) is 1.85. The second kappa shape index (κ2) is 6.31. The van der Waals surface area contributed by atoms with Crippen LogP contribution < -0.4 is 0 Å². The molecule has 2 rings (SSSR count). The van der Waals surface area contributed by atoms with E-state index in [9.17, 15) is 8.76 Å². The predicted molar refractivity (Wildman–Crippen MR) is 71.4 cm³/mol. The fraction of sp³-hybridized carbons (Fsp3) is 0.857. The van der Waals surface area contributed by atoms with Crippen molar-refractivity contribution in [2.45, 2.75) is 45.4 Å². The molecule has 104 valence electrons. The molecule has 2 fully saturated rings. The molecule has 0 spiro atoms. The van der Waals surface area contributed by atoms with Crippen molar-refractivity contribution >= 4 is 11.1 Å². The summed E-state index contributed by atoms with van der Waals surface area (Å²) in [5.74, 6) is 2.28. The Bertz CT molecular complexity index is 340. The minimum atomic E-state index is -2.27. The molecule has 0 heterocycles. The van der Waals surface area contributed by atoms with Crippen LogP contribution >= 0.6 is 0 Å². The maximum absolute atomic E-state index is 11.0. The Morgan fingerprint density at radius 2 is 2.06 bits per heavy atom.